The Morgan fingerprint density at radius 2 is 2.17 bits per heavy atom. The van der Waals surface area contributed by atoms with Gasteiger partial charge in [-0.3, -0.25) is 4.90 Å². The first-order chi connectivity index (χ1) is 8.74. The Morgan fingerprint density at radius 3 is 2.72 bits per heavy atom. The average molecular weight is 249 g/mol. The van der Waals surface area contributed by atoms with Crippen molar-refractivity contribution in [3.8, 4) is 5.75 Å². The van der Waals surface area contributed by atoms with Crippen molar-refractivity contribution in [3.05, 3.63) is 29.3 Å². The monoisotopic (exact) mass is 249 g/mol. The molecule has 0 radical (unpaired) electrons. The molecule has 3 heteroatoms. The number of aliphatic hydroxyl groups is 1. The van der Waals surface area contributed by atoms with Gasteiger partial charge in [-0.15, -0.1) is 0 Å². The van der Waals surface area contributed by atoms with E-state index in [2.05, 4.69) is 24.0 Å². The molecule has 2 rings (SSSR count). The number of rotatable bonds is 6. The molecule has 1 aromatic carbocycles. The standard InChI is InChI=1S/C15H23NO2/c1-12-6-7-15(18-2)13(10-12)11-16(8-9-17)14-4-3-5-14/h6-7,10,14,17H,3-5,8-9,11H2,1-2H3. The summed E-state index contributed by atoms with van der Waals surface area (Å²) in [7, 11) is 1.72. The van der Waals surface area contributed by atoms with Crippen LogP contribution in [0.3, 0.4) is 0 Å². The number of methoxy groups -OCH3 is 1. The fraction of sp³-hybridized carbons (Fsp3) is 0.600. The Balaban J connectivity index is 2.11. The molecule has 0 spiro atoms. The second kappa shape index (κ2) is 6.21. The Kier molecular flexibility index (Phi) is 4.61. The molecule has 0 aromatic heterocycles. The van der Waals surface area contributed by atoms with Gasteiger partial charge in [0.1, 0.15) is 5.75 Å². The normalized spacial score (nSPS) is 15.8. The number of nitrogens with zero attached hydrogens (tertiary/aromatic N) is 1. The molecule has 0 atom stereocenters. The Bertz CT molecular complexity index is 388. The lowest BCUT2D eigenvalue weighted by Crippen LogP contribution is -2.41. The van der Waals surface area contributed by atoms with Crippen LogP contribution in [0.15, 0.2) is 18.2 Å². The molecule has 1 fully saturated rings. The van der Waals surface area contributed by atoms with Gasteiger partial charge >= 0.3 is 0 Å². The van der Waals surface area contributed by atoms with Crippen LogP contribution in [0.25, 0.3) is 0 Å². The molecule has 0 saturated heterocycles. The van der Waals surface area contributed by atoms with E-state index in [4.69, 9.17) is 4.74 Å². The van der Waals surface area contributed by atoms with Gasteiger partial charge in [0.25, 0.3) is 0 Å². The fourth-order valence-electron chi connectivity index (χ4n) is 2.52. The summed E-state index contributed by atoms with van der Waals surface area (Å²) in [5.74, 6) is 0.947. The van der Waals surface area contributed by atoms with Crippen LogP contribution in [0, 0.1) is 6.92 Å². The van der Waals surface area contributed by atoms with E-state index in [0.29, 0.717) is 6.04 Å². The van der Waals surface area contributed by atoms with Crippen LogP contribution in [-0.4, -0.2) is 36.3 Å². The number of ether oxygens (including phenoxy) is 1. The average Bonchev–Trinajstić information content (AvgIpc) is 2.27. The van der Waals surface area contributed by atoms with Crippen molar-refractivity contribution in [2.75, 3.05) is 20.3 Å². The lowest BCUT2D eigenvalue weighted by Gasteiger charge is -2.37. The summed E-state index contributed by atoms with van der Waals surface area (Å²) in [5.41, 5.74) is 2.47. The van der Waals surface area contributed by atoms with E-state index in [1.165, 1.54) is 30.4 Å². The highest BCUT2D eigenvalue weighted by atomic mass is 16.5. The van der Waals surface area contributed by atoms with Gasteiger partial charge in [0, 0.05) is 24.7 Å². The number of aryl methyl sites for hydroxylation is 1. The van der Waals surface area contributed by atoms with Gasteiger partial charge in [-0.25, -0.2) is 0 Å². The van der Waals surface area contributed by atoms with E-state index >= 15 is 0 Å². The SMILES string of the molecule is COc1ccc(C)cc1CN(CCO)C1CCC1. The minimum atomic E-state index is 0.227. The molecule has 1 saturated carbocycles. The minimum absolute atomic E-state index is 0.227. The lowest BCUT2D eigenvalue weighted by molar-refractivity contribution is 0.0937. The van der Waals surface area contributed by atoms with Crippen molar-refractivity contribution in [3.63, 3.8) is 0 Å². The number of hydrogen-bond acceptors (Lipinski definition) is 3. The predicted molar refractivity (Wildman–Crippen MR) is 72.9 cm³/mol. The third kappa shape index (κ3) is 3.03. The molecular formula is C15H23NO2. The largest absolute Gasteiger partial charge is 0.496 e. The first kappa shape index (κ1) is 13.4. The highest BCUT2D eigenvalue weighted by Gasteiger charge is 2.25. The molecule has 1 N–H and O–H groups in total. The Labute approximate surface area is 109 Å². The van der Waals surface area contributed by atoms with Crippen molar-refractivity contribution < 1.29 is 9.84 Å². The van der Waals surface area contributed by atoms with E-state index in [1.807, 2.05) is 6.07 Å². The summed E-state index contributed by atoms with van der Waals surface area (Å²) in [6, 6.07) is 6.93. The van der Waals surface area contributed by atoms with Gasteiger partial charge in [-0.2, -0.15) is 0 Å². The maximum absolute atomic E-state index is 9.19. The molecule has 3 nitrogen and oxygen atoms in total. The molecule has 0 heterocycles. The highest BCUT2D eigenvalue weighted by molar-refractivity contribution is 5.36. The zero-order valence-corrected chi connectivity index (χ0v) is 11.4. The van der Waals surface area contributed by atoms with Gasteiger partial charge in [0.05, 0.1) is 13.7 Å². The topological polar surface area (TPSA) is 32.7 Å². The Hall–Kier alpha value is -1.06. The molecule has 1 aliphatic rings. The second-order valence-electron chi connectivity index (χ2n) is 5.09. The van der Waals surface area contributed by atoms with Crippen LogP contribution in [0.4, 0.5) is 0 Å². The van der Waals surface area contributed by atoms with Crippen molar-refractivity contribution in [2.45, 2.75) is 38.8 Å². The summed E-state index contributed by atoms with van der Waals surface area (Å²) in [4.78, 5) is 2.38. The third-order valence-electron chi connectivity index (χ3n) is 3.79. The first-order valence-corrected chi connectivity index (χ1v) is 6.73. The summed E-state index contributed by atoms with van der Waals surface area (Å²) < 4.78 is 5.42. The Morgan fingerprint density at radius 1 is 1.39 bits per heavy atom. The summed E-state index contributed by atoms with van der Waals surface area (Å²) in [6.07, 6.45) is 3.83. The zero-order chi connectivity index (χ0) is 13.0. The summed E-state index contributed by atoms with van der Waals surface area (Å²) in [6.45, 7) is 3.95. The maximum Gasteiger partial charge on any atom is 0.123 e. The number of aliphatic hydroxyl groups excluding tert-OH is 1. The van der Waals surface area contributed by atoms with E-state index in [-0.39, 0.29) is 6.61 Å². The van der Waals surface area contributed by atoms with Crippen molar-refractivity contribution in [2.24, 2.45) is 0 Å². The van der Waals surface area contributed by atoms with E-state index in [1.54, 1.807) is 7.11 Å². The van der Waals surface area contributed by atoms with Crippen LogP contribution >= 0.6 is 0 Å². The summed E-state index contributed by atoms with van der Waals surface area (Å²) in [5, 5.41) is 9.19. The van der Waals surface area contributed by atoms with Crippen LogP contribution < -0.4 is 4.74 Å². The number of hydrogen-bond donors (Lipinski definition) is 1. The molecular weight excluding hydrogens is 226 g/mol. The van der Waals surface area contributed by atoms with E-state index in [0.717, 1.165) is 18.8 Å². The quantitative estimate of drug-likeness (QED) is 0.840. The highest BCUT2D eigenvalue weighted by Crippen LogP contribution is 2.28. The van der Waals surface area contributed by atoms with Crippen LogP contribution in [-0.2, 0) is 6.54 Å². The maximum atomic E-state index is 9.19. The van der Waals surface area contributed by atoms with Crippen LogP contribution in [0.5, 0.6) is 5.75 Å². The molecule has 100 valence electrons. The van der Waals surface area contributed by atoms with Crippen molar-refractivity contribution >= 4 is 0 Å². The number of benzene rings is 1. The van der Waals surface area contributed by atoms with Gasteiger partial charge in [0.2, 0.25) is 0 Å². The first-order valence-electron chi connectivity index (χ1n) is 6.73. The van der Waals surface area contributed by atoms with Gasteiger partial charge in [0.15, 0.2) is 0 Å². The van der Waals surface area contributed by atoms with E-state index < -0.39 is 0 Å². The van der Waals surface area contributed by atoms with Crippen LogP contribution in [0.1, 0.15) is 30.4 Å². The fourth-order valence-corrected chi connectivity index (χ4v) is 2.52. The lowest BCUT2D eigenvalue weighted by atomic mass is 9.91. The minimum Gasteiger partial charge on any atom is -0.496 e. The molecule has 0 unspecified atom stereocenters. The van der Waals surface area contributed by atoms with Crippen LogP contribution in [0.2, 0.25) is 0 Å². The summed E-state index contributed by atoms with van der Waals surface area (Å²) >= 11 is 0. The van der Waals surface area contributed by atoms with Gasteiger partial charge in [-0.1, -0.05) is 24.1 Å². The smallest absolute Gasteiger partial charge is 0.123 e. The van der Waals surface area contributed by atoms with Crippen molar-refractivity contribution in [1.82, 2.24) is 4.90 Å². The molecule has 1 aromatic rings. The zero-order valence-electron chi connectivity index (χ0n) is 11.4. The molecule has 1 aliphatic carbocycles. The van der Waals surface area contributed by atoms with E-state index in [9.17, 15) is 5.11 Å². The third-order valence-corrected chi connectivity index (χ3v) is 3.79. The van der Waals surface area contributed by atoms with Gasteiger partial charge < -0.3 is 9.84 Å². The predicted octanol–water partition coefficient (Wildman–Crippen LogP) is 2.35. The van der Waals surface area contributed by atoms with Gasteiger partial charge in [-0.05, 0) is 25.8 Å². The second-order valence-corrected chi connectivity index (χ2v) is 5.09. The molecule has 0 aliphatic heterocycles. The molecule has 0 bridgehead atoms. The molecule has 0 amide bonds. The van der Waals surface area contributed by atoms with Crippen molar-refractivity contribution in [1.29, 1.82) is 0 Å². The molecule has 18 heavy (non-hydrogen) atoms.